The van der Waals surface area contributed by atoms with E-state index in [2.05, 4.69) is 25.6 Å². The largest absolute Gasteiger partial charge is 0.395 e. The standard InChI is InChI=1S/C19H23N7O2/c27-12-8-20-17-16-18(24-19(23-17)22-14-5-2-1-3-6-14)26(13-21-16)11-10-25-9-4-7-15(25)28/h1-3,5-6,13,27H,4,7-12H2,(H2,20,22,23,24). The third-order valence-electron chi connectivity index (χ3n) is 4.68. The number of hydrogen-bond donors (Lipinski definition) is 3. The van der Waals surface area contributed by atoms with Gasteiger partial charge >= 0.3 is 0 Å². The lowest BCUT2D eigenvalue weighted by atomic mass is 10.3. The van der Waals surface area contributed by atoms with Crippen molar-refractivity contribution in [2.75, 3.05) is 36.9 Å². The number of amides is 1. The van der Waals surface area contributed by atoms with Crippen molar-refractivity contribution in [3.05, 3.63) is 36.7 Å². The van der Waals surface area contributed by atoms with Crippen LogP contribution in [0, 0.1) is 0 Å². The minimum absolute atomic E-state index is 0.00920. The van der Waals surface area contributed by atoms with E-state index < -0.39 is 0 Å². The number of fused-ring (bicyclic) bond motifs is 1. The molecule has 0 radical (unpaired) electrons. The number of likely N-dealkylation sites (tertiary alicyclic amines) is 1. The van der Waals surface area contributed by atoms with Crippen LogP contribution in [-0.4, -0.2) is 61.7 Å². The second-order valence-electron chi connectivity index (χ2n) is 6.63. The maximum Gasteiger partial charge on any atom is 0.231 e. The molecule has 2 aromatic heterocycles. The molecular weight excluding hydrogens is 358 g/mol. The Labute approximate surface area is 162 Å². The predicted octanol–water partition coefficient (Wildman–Crippen LogP) is 1.60. The highest BCUT2D eigenvalue weighted by Crippen LogP contribution is 2.23. The summed E-state index contributed by atoms with van der Waals surface area (Å²) in [5, 5.41) is 15.5. The van der Waals surface area contributed by atoms with E-state index >= 15 is 0 Å². The van der Waals surface area contributed by atoms with Gasteiger partial charge in [-0.3, -0.25) is 4.79 Å². The summed E-state index contributed by atoms with van der Waals surface area (Å²) < 4.78 is 1.93. The zero-order valence-corrected chi connectivity index (χ0v) is 15.5. The summed E-state index contributed by atoms with van der Waals surface area (Å²) in [6.07, 6.45) is 3.27. The molecule has 0 atom stereocenters. The number of nitrogens with zero attached hydrogens (tertiary/aromatic N) is 5. The van der Waals surface area contributed by atoms with Crippen molar-refractivity contribution in [1.29, 1.82) is 0 Å². The van der Waals surface area contributed by atoms with Crippen molar-refractivity contribution in [1.82, 2.24) is 24.4 Å². The number of benzene rings is 1. The molecule has 1 aromatic carbocycles. The van der Waals surface area contributed by atoms with Gasteiger partial charge in [0.1, 0.15) is 0 Å². The van der Waals surface area contributed by atoms with Crippen molar-refractivity contribution in [3.63, 3.8) is 0 Å². The fraction of sp³-hybridized carbons (Fsp3) is 0.368. The molecule has 1 aliphatic rings. The lowest BCUT2D eigenvalue weighted by molar-refractivity contribution is -0.127. The molecule has 4 rings (SSSR count). The van der Waals surface area contributed by atoms with Crippen LogP contribution < -0.4 is 10.6 Å². The van der Waals surface area contributed by atoms with Gasteiger partial charge in [-0.25, -0.2) is 4.98 Å². The molecule has 146 valence electrons. The first-order valence-electron chi connectivity index (χ1n) is 9.42. The van der Waals surface area contributed by atoms with Gasteiger partial charge in [0.2, 0.25) is 11.9 Å². The van der Waals surface area contributed by atoms with Crippen LogP contribution in [0.1, 0.15) is 12.8 Å². The molecular formula is C19H23N7O2. The molecule has 9 nitrogen and oxygen atoms in total. The number of aromatic nitrogens is 4. The minimum atomic E-state index is -0.00920. The highest BCUT2D eigenvalue weighted by Gasteiger charge is 2.20. The summed E-state index contributed by atoms with van der Waals surface area (Å²) in [4.78, 5) is 27.3. The van der Waals surface area contributed by atoms with E-state index in [4.69, 9.17) is 5.11 Å². The zero-order chi connectivity index (χ0) is 19.3. The lowest BCUT2D eigenvalue weighted by Gasteiger charge is -2.16. The van der Waals surface area contributed by atoms with Gasteiger partial charge in [0, 0.05) is 38.3 Å². The number of rotatable bonds is 8. The number of anilines is 3. The SMILES string of the molecule is O=C1CCCN1CCn1cnc2c(NCCO)nc(Nc3ccccc3)nc21. The molecule has 0 saturated carbocycles. The molecule has 1 amide bonds. The van der Waals surface area contributed by atoms with Crippen molar-refractivity contribution in [2.45, 2.75) is 19.4 Å². The molecule has 1 saturated heterocycles. The minimum Gasteiger partial charge on any atom is -0.395 e. The van der Waals surface area contributed by atoms with Crippen molar-refractivity contribution in [2.24, 2.45) is 0 Å². The number of aliphatic hydroxyl groups excluding tert-OH is 1. The lowest BCUT2D eigenvalue weighted by Crippen LogP contribution is -2.28. The molecule has 3 aromatic rings. The highest BCUT2D eigenvalue weighted by molar-refractivity contribution is 5.84. The normalized spacial score (nSPS) is 14.0. The van der Waals surface area contributed by atoms with Crippen LogP contribution in [0.15, 0.2) is 36.7 Å². The van der Waals surface area contributed by atoms with Crippen LogP contribution in [0.3, 0.4) is 0 Å². The van der Waals surface area contributed by atoms with E-state index in [9.17, 15) is 4.79 Å². The summed E-state index contributed by atoms with van der Waals surface area (Å²) in [5.74, 6) is 1.21. The summed E-state index contributed by atoms with van der Waals surface area (Å²) in [7, 11) is 0. The highest BCUT2D eigenvalue weighted by atomic mass is 16.3. The van der Waals surface area contributed by atoms with Crippen molar-refractivity contribution < 1.29 is 9.90 Å². The molecule has 0 aliphatic carbocycles. The number of nitrogens with one attached hydrogen (secondary N) is 2. The third kappa shape index (κ3) is 3.89. The Kier molecular flexibility index (Phi) is 5.34. The third-order valence-corrected chi connectivity index (χ3v) is 4.68. The van der Waals surface area contributed by atoms with E-state index in [0.717, 1.165) is 18.7 Å². The van der Waals surface area contributed by atoms with Gasteiger partial charge in [0.15, 0.2) is 17.0 Å². The number of carbonyl (C=O) groups is 1. The van der Waals surface area contributed by atoms with Gasteiger partial charge in [-0.05, 0) is 18.6 Å². The van der Waals surface area contributed by atoms with E-state index in [1.165, 1.54) is 0 Å². The Bertz CT molecular complexity index is 958. The molecule has 9 heteroatoms. The summed E-state index contributed by atoms with van der Waals surface area (Å²) in [6.45, 7) is 2.42. The number of aliphatic hydroxyl groups is 1. The van der Waals surface area contributed by atoms with Gasteiger partial charge in [-0.2, -0.15) is 9.97 Å². The first-order valence-corrected chi connectivity index (χ1v) is 9.42. The molecule has 3 N–H and O–H groups in total. The van der Waals surface area contributed by atoms with E-state index in [1.54, 1.807) is 6.33 Å². The Hall–Kier alpha value is -3.20. The topological polar surface area (TPSA) is 108 Å². The van der Waals surface area contributed by atoms with Crippen LogP contribution in [0.5, 0.6) is 0 Å². The van der Waals surface area contributed by atoms with Crippen molar-refractivity contribution in [3.8, 4) is 0 Å². The van der Waals surface area contributed by atoms with Gasteiger partial charge in [0.05, 0.1) is 12.9 Å². The fourth-order valence-corrected chi connectivity index (χ4v) is 3.28. The van der Waals surface area contributed by atoms with Gasteiger partial charge < -0.3 is 25.2 Å². The van der Waals surface area contributed by atoms with Crippen LogP contribution in [0.2, 0.25) is 0 Å². The van der Waals surface area contributed by atoms with Crippen LogP contribution >= 0.6 is 0 Å². The maximum absolute atomic E-state index is 11.9. The number of carbonyl (C=O) groups excluding carboxylic acids is 1. The Morgan fingerprint density at radius 1 is 1.14 bits per heavy atom. The summed E-state index contributed by atoms with van der Waals surface area (Å²) in [6, 6.07) is 9.68. The monoisotopic (exact) mass is 381 g/mol. The van der Waals surface area contributed by atoms with E-state index in [1.807, 2.05) is 39.8 Å². The molecule has 0 spiro atoms. The molecule has 0 unspecified atom stereocenters. The second-order valence-corrected chi connectivity index (χ2v) is 6.63. The quantitative estimate of drug-likeness (QED) is 0.544. The first-order chi connectivity index (χ1) is 13.7. The van der Waals surface area contributed by atoms with Gasteiger partial charge in [0.25, 0.3) is 0 Å². The average Bonchev–Trinajstić information content (AvgIpc) is 3.31. The van der Waals surface area contributed by atoms with Gasteiger partial charge in [-0.1, -0.05) is 18.2 Å². The van der Waals surface area contributed by atoms with Gasteiger partial charge in [-0.15, -0.1) is 0 Å². The average molecular weight is 381 g/mol. The Morgan fingerprint density at radius 3 is 2.75 bits per heavy atom. The van der Waals surface area contributed by atoms with Crippen LogP contribution in [0.4, 0.5) is 17.5 Å². The van der Waals surface area contributed by atoms with Crippen molar-refractivity contribution >= 4 is 34.5 Å². The van der Waals surface area contributed by atoms with E-state index in [-0.39, 0.29) is 12.5 Å². The summed E-state index contributed by atoms with van der Waals surface area (Å²) in [5.41, 5.74) is 2.20. The zero-order valence-electron chi connectivity index (χ0n) is 15.5. The molecule has 0 bridgehead atoms. The smallest absolute Gasteiger partial charge is 0.231 e. The molecule has 28 heavy (non-hydrogen) atoms. The first kappa shape index (κ1) is 18.2. The number of hydrogen-bond acceptors (Lipinski definition) is 7. The molecule has 1 aliphatic heterocycles. The van der Waals surface area contributed by atoms with Crippen LogP contribution in [0.25, 0.3) is 11.2 Å². The maximum atomic E-state index is 11.9. The molecule has 3 heterocycles. The van der Waals surface area contributed by atoms with E-state index in [0.29, 0.717) is 49.0 Å². The van der Waals surface area contributed by atoms with Crippen LogP contribution in [-0.2, 0) is 11.3 Å². The Balaban J connectivity index is 1.62. The number of para-hydroxylation sites is 1. The fourth-order valence-electron chi connectivity index (χ4n) is 3.28. The molecule has 1 fully saturated rings. The number of imidazole rings is 1. The second kappa shape index (κ2) is 8.22. The summed E-state index contributed by atoms with van der Waals surface area (Å²) >= 11 is 0. The Morgan fingerprint density at radius 2 is 2.00 bits per heavy atom. The predicted molar refractivity (Wildman–Crippen MR) is 106 cm³/mol.